The number of ether oxygens (including phenoxy) is 4. The molecule has 7 unspecified atom stereocenters. The second-order valence-corrected chi connectivity index (χ2v) is 15.9. The number of aromatic amines is 1. The summed E-state index contributed by atoms with van der Waals surface area (Å²) >= 11 is 0. The molecule has 2 aliphatic carbocycles. The quantitative estimate of drug-likeness (QED) is 0.0548. The molecule has 12 heteroatoms. The van der Waals surface area contributed by atoms with Gasteiger partial charge in [0.15, 0.2) is 0 Å². The third-order valence-corrected chi connectivity index (χ3v) is 12.2. The van der Waals surface area contributed by atoms with Gasteiger partial charge in [-0.05, 0) is 91.7 Å². The molecule has 3 heterocycles. The highest BCUT2D eigenvalue weighted by atomic mass is 16.8. The predicted octanol–water partition coefficient (Wildman–Crippen LogP) is 7.73. The lowest BCUT2D eigenvalue weighted by Gasteiger charge is -2.59. The number of amides is 2. The summed E-state index contributed by atoms with van der Waals surface area (Å²) in [5, 5.41) is 28.9. The van der Waals surface area contributed by atoms with Crippen LogP contribution in [0, 0.1) is 17.8 Å². The van der Waals surface area contributed by atoms with Crippen LogP contribution in [0.25, 0.3) is 10.9 Å². The van der Waals surface area contributed by atoms with E-state index in [0.717, 1.165) is 78.4 Å². The highest BCUT2D eigenvalue weighted by Crippen LogP contribution is 2.61. The van der Waals surface area contributed by atoms with Crippen molar-refractivity contribution in [3.63, 3.8) is 0 Å². The van der Waals surface area contributed by atoms with Gasteiger partial charge in [0.1, 0.15) is 24.1 Å². The molecule has 2 aliphatic heterocycles. The summed E-state index contributed by atoms with van der Waals surface area (Å²) in [7, 11) is 1.79. The Morgan fingerprint density at radius 1 is 1.05 bits per heavy atom. The van der Waals surface area contributed by atoms with Crippen LogP contribution in [0.15, 0.2) is 90.6 Å². The van der Waals surface area contributed by atoms with E-state index in [-0.39, 0.29) is 43.6 Å². The van der Waals surface area contributed by atoms with E-state index in [9.17, 15) is 15.0 Å². The normalized spacial score (nSPS) is 26.8. The molecule has 58 heavy (non-hydrogen) atoms. The van der Waals surface area contributed by atoms with Crippen LogP contribution in [-0.2, 0) is 20.9 Å². The first-order chi connectivity index (χ1) is 28.4. The average molecular weight is 797 g/mol. The summed E-state index contributed by atoms with van der Waals surface area (Å²) < 4.78 is 26.3. The molecule has 7 rings (SSSR count). The lowest BCUT2D eigenvalue weighted by molar-refractivity contribution is -0.252. The zero-order valence-electron chi connectivity index (χ0n) is 33.8. The number of hydrogen-bond acceptors (Lipinski definition) is 9. The summed E-state index contributed by atoms with van der Waals surface area (Å²) in [5.74, 6) is -0.320. The Labute approximate surface area is 341 Å². The molecule has 0 radical (unpaired) electrons. The number of carbonyl (C=O) groups is 1. The highest BCUT2D eigenvalue weighted by molar-refractivity contribution is 6.03. The summed E-state index contributed by atoms with van der Waals surface area (Å²) in [6.45, 7) is 9.56. The molecule has 0 bridgehead atoms. The van der Waals surface area contributed by atoms with E-state index >= 15 is 0 Å². The van der Waals surface area contributed by atoms with Crippen LogP contribution in [0.2, 0.25) is 0 Å². The zero-order chi connectivity index (χ0) is 40.5. The van der Waals surface area contributed by atoms with Crippen LogP contribution in [0.3, 0.4) is 0 Å². The Morgan fingerprint density at radius 2 is 1.86 bits per heavy atom. The van der Waals surface area contributed by atoms with Gasteiger partial charge in [-0.25, -0.2) is 4.79 Å². The number of nitrogens with zero attached hydrogens (tertiary/aromatic N) is 2. The number of hydrogen-bond donors (Lipinski definition) is 4. The van der Waals surface area contributed by atoms with E-state index in [4.69, 9.17) is 28.9 Å². The number of unbranched alkanes of at least 4 members (excludes halogenated alkanes) is 2. The minimum Gasteiger partial charge on any atom is -0.490 e. The number of rotatable bonds is 19. The van der Waals surface area contributed by atoms with Crippen molar-refractivity contribution in [2.75, 3.05) is 40.1 Å². The van der Waals surface area contributed by atoms with Crippen molar-refractivity contribution in [2.45, 2.75) is 94.8 Å². The van der Waals surface area contributed by atoms with Gasteiger partial charge in [0.2, 0.25) is 12.1 Å². The number of aliphatic hydroxyl groups is 2. The van der Waals surface area contributed by atoms with Crippen molar-refractivity contribution in [3.05, 3.63) is 96.7 Å². The van der Waals surface area contributed by atoms with E-state index in [1.807, 2.05) is 42.5 Å². The molecule has 1 saturated heterocycles. The van der Waals surface area contributed by atoms with Crippen molar-refractivity contribution in [1.82, 2.24) is 15.2 Å². The predicted molar refractivity (Wildman–Crippen MR) is 224 cm³/mol. The Balaban J connectivity index is 1.35. The molecule has 312 valence electrons. The van der Waals surface area contributed by atoms with Gasteiger partial charge >= 0.3 is 6.03 Å². The standard InChI is InChI=1S/C46H60N4O8/c1-4-23-54-34-19-20-40-37(28-34)43-35(16-9-12-22-52)31(14-8-11-21-51)27-36-39(49-58-42-18-10-13-25-55-42)29-41(46(57-40,44(36)43)56-24-5-2)50(3)45(53)47-30-33-26-32-15-6-7-17-38(32)48-33/h4-7,15,17,19-20,26-28,31,35,41-44,48,51-52H,1-2,8-14,16,18,21-25,29-30H2,3H3,(H,47,53). The maximum absolute atomic E-state index is 14.4. The molecule has 4 aliphatic rings. The first-order valence-corrected chi connectivity index (χ1v) is 21.1. The van der Waals surface area contributed by atoms with Crippen LogP contribution < -0.4 is 14.8 Å². The molecule has 1 saturated carbocycles. The summed E-state index contributed by atoms with van der Waals surface area (Å²) in [6, 6.07) is 15.1. The number of allylic oxidation sites excluding steroid dienone is 1. The van der Waals surface area contributed by atoms with Crippen LogP contribution in [0.1, 0.15) is 81.4 Å². The SMILES string of the molecule is C=CCOc1ccc2c(c1)C1C(CCCCO)C(CCCCO)C=C3C(=NOC4CCCCO4)CC(N(C)C(=O)NCc4cc5ccccc5[nH]4)C(OCC=C)(O2)C31. The number of oxime groups is 1. The number of nitrogens with one attached hydrogen (secondary N) is 2. The molecule has 1 aromatic heterocycles. The number of H-pyrrole nitrogens is 1. The lowest BCUT2D eigenvalue weighted by atomic mass is 9.55. The molecule has 12 nitrogen and oxygen atoms in total. The molecule has 2 fully saturated rings. The van der Waals surface area contributed by atoms with E-state index < -0.39 is 24.0 Å². The van der Waals surface area contributed by atoms with Crippen LogP contribution in [-0.4, -0.2) is 90.0 Å². The largest absolute Gasteiger partial charge is 0.490 e. The van der Waals surface area contributed by atoms with Gasteiger partial charge in [0.25, 0.3) is 0 Å². The molecule has 2 amide bonds. The molecule has 2 aromatic carbocycles. The number of likely N-dealkylation sites (N-methyl/N-ethyl adjacent to an activating group) is 1. The maximum Gasteiger partial charge on any atom is 0.317 e. The van der Waals surface area contributed by atoms with E-state index in [2.05, 4.69) is 35.6 Å². The highest BCUT2D eigenvalue weighted by Gasteiger charge is 2.65. The number of aliphatic hydroxyl groups excluding tert-OH is 2. The Morgan fingerprint density at radius 3 is 2.62 bits per heavy atom. The molecular formula is C46H60N4O8. The summed E-state index contributed by atoms with van der Waals surface area (Å²) in [5.41, 5.74) is 4.60. The number of fused-ring (bicyclic) bond motifs is 3. The van der Waals surface area contributed by atoms with Gasteiger partial charge in [-0.3, -0.25) is 0 Å². The molecule has 0 spiro atoms. The van der Waals surface area contributed by atoms with Crippen molar-refractivity contribution in [3.8, 4) is 11.5 Å². The topological polar surface area (TPSA) is 147 Å². The molecular weight excluding hydrogens is 737 g/mol. The first kappa shape index (κ1) is 41.5. The van der Waals surface area contributed by atoms with Crippen molar-refractivity contribution in [2.24, 2.45) is 22.9 Å². The van der Waals surface area contributed by atoms with Crippen molar-refractivity contribution < 1.29 is 38.8 Å². The number of benzene rings is 2. The van der Waals surface area contributed by atoms with Gasteiger partial charge in [-0.15, -0.1) is 6.58 Å². The Hall–Kier alpha value is -4.62. The summed E-state index contributed by atoms with van der Waals surface area (Å²) in [4.78, 5) is 25.7. The van der Waals surface area contributed by atoms with Crippen LogP contribution in [0.4, 0.5) is 4.79 Å². The van der Waals surface area contributed by atoms with Gasteiger partial charge in [0.05, 0.1) is 31.4 Å². The zero-order valence-corrected chi connectivity index (χ0v) is 33.8. The molecule has 3 aromatic rings. The summed E-state index contributed by atoms with van der Waals surface area (Å²) in [6.07, 6.45) is 13.1. The van der Waals surface area contributed by atoms with Crippen LogP contribution in [0.5, 0.6) is 11.5 Å². The third-order valence-electron chi connectivity index (χ3n) is 12.2. The first-order valence-electron chi connectivity index (χ1n) is 21.1. The van der Waals surface area contributed by atoms with E-state index in [0.29, 0.717) is 50.5 Å². The lowest BCUT2D eigenvalue weighted by Crippen LogP contribution is -2.70. The Bertz CT molecular complexity index is 1900. The minimum absolute atomic E-state index is 0.103. The second kappa shape index (κ2) is 19.4. The number of urea groups is 1. The molecule has 7 atom stereocenters. The molecule has 4 N–H and O–H groups in total. The van der Waals surface area contributed by atoms with E-state index in [1.54, 1.807) is 24.1 Å². The van der Waals surface area contributed by atoms with Gasteiger partial charge < -0.3 is 49.2 Å². The average Bonchev–Trinajstić information content (AvgIpc) is 3.68. The van der Waals surface area contributed by atoms with Crippen LogP contribution >= 0.6 is 0 Å². The second-order valence-electron chi connectivity index (χ2n) is 15.9. The monoisotopic (exact) mass is 796 g/mol. The smallest absolute Gasteiger partial charge is 0.317 e. The fraction of sp³-hybridized carbons (Fsp3) is 0.522. The van der Waals surface area contributed by atoms with Crippen molar-refractivity contribution >= 4 is 22.6 Å². The van der Waals surface area contributed by atoms with Gasteiger partial charge in [0, 0.05) is 55.8 Å². The number of para-hydroxylation sites is 1. The minimum atomic E-state index is -1.35. The Kier molecular flexibility index (Phi) is 13.9. The number of carbonyl (C=O) groups excluding carboxylic acids is 1. The third kappa shape index (κ3) is 8.85. The van der Waals surface area contributed by atoms with Gasteiger partial charge in [-0.1, -0.05) is 61.0 Å². The van der Waals surface area contributed by atoms with E-state index in [1.165, 1.54) is 0 Å². The fourth-order valence-corrected chi connectivity index (χ4v) is 9.56. The van der Waals surface area contributed by atoms with Crippen molar-refractivity contribution in [1.29, 1.82) is 0 Å². The maximum atomic E-state index is 14.4. The number of aromatic nitrogens is 1. The van der Waals surface area contributed by atoms with Gasteiger partial charge in [-0.2, -0.15) is 0 Å². The fourth-order valence-electron chi connectivity index (χ4n) is 9.56.